The summed E-state index contributed by atoms with van der Waals surface area (Å²) in [4.78, 5) is 16.6. The van der Waals surface area contributed by atoms with Gasteiger partial charge >= 0.3 is 5.97 Å². The van der Waals surface area contributed by atoms with Gasteiger partial charge < -0.3 is 14.5 Å². The molecule has 4 rings (SSSR count). The van der Waals surface area contributed by atoms with Crippen molar-refractivity contribution in [2.24, 2.45) is 0 Å². The van der Waals surface area contributed by atoms with Crippen molar-refractivity contribution < 1.29 is 18.9 Å². The van der Waals surface area contributed by atoms with Crippen molar-refractivity contribution in [1.82, 2.24) is 0 Å². The van der Waals surface area contributed by atoms with Crippen LogP contribution in [0.1, 0.15) is 55.1 Å². The van der Waals surface area contributed by atoms with Gasteiger partial charge in [0.05, 0.1) is 18.2 Å². The quantitative estimate of drug-likeness (QED) is 0.210. The number of ether oxygens (including phenoxy) is 1. The Bertz CT molecular complexity index is 1400. The fourth-order valence-corrected chi connectivity index (χ4v) is 4.52. The number of fused-ring (bicyclic) bond motifs is 2. The van der Waals surface area contributed by atoms with Crippen LogP contribution in [0.5, 0.6) is 0 Å². The number of unbranched alkanes of at least 4 members (excludes halogenated alkanes) is 1. The van der Waals surface area contributed by atoms with Gasteiger partial charge in [-0.2, -0.15) is 0 Å². The van der Waals surface area contributed by atoms with E-state index in [2.05, 4.69) is 69.2 Å². The molecule has 5 nitrogen and oxygen atoms in total. The number of hydrogen-bond donors (Lipinski definition) is 2. The molecule has 0 amide bonds. The van der Waals surface area contributed by atoms with E-state index in [9.17, 15) is 4.79 Å². The van der Waals surface area contributed by atoms with Crippen molar-refractivity contribution in [2.75, 3.05) is 25.0 Å². The van der Waals surface area contributed by atoms with E-state index in [4.69, 9.17) is 9.15 Å². The maximum Gasteiger partial charge on any atom is 0.338 e. The van der Waals surface area contributed by atoms with Gasteiger partial charge in [0, 0.05) is 40.4 Å². The van der Waals surface area contributed by atoms with Gasteiger partial charge in [0.15, 0.2) is 0 Å². The van der Waals surface area contributed by atoms with Gasteiger partial charge in [-0.25, -0.2) is 9.79 Å². The van der Waals surface area contributed by atoms with Crippen LogP contribution in [0.3, 0.4) is 0 Å². The number of rotatable bonds is 8. The molecule has 0 bridgehead atoms. The van der Waals surface area contributed by atoms with Crippen molar-refractivity contribution in [3.63, 3.8) is 0 Å². The molecule has 0 radical (unpaired) electrons. The van der Waals surface area contributed by atoms with Crippen molar-refractivity contribution in [3.05, 3.63) is 70.6 Å². The Morgan fingerprint density at radius 1 is 1.00 bits per heavy atom. The summed E-state index contributed by atoms with van der Waals surface area (Å²) in [5, 5.41) is 5.44. The number of anilines is 1. The molecule has 2 aromatic rings. The van der Waals surface area contributed by atoms with Crippen LogP contribution < -0.4 is 15.7 Å². The van der Waals surface area contributed by atoms with Crippen molar-refractivity contribution in [3.8, 4) is 22.5 Å². The van der Waals surface area contributed by atoms with Gasteiger partial charge in [0.25, 0.3) is 0 Å². The van der Waals surface area contributed by atoms with Gasteiger partial charge in [-0.3, -0.25) is 0 Å². The molecule has 2 N–H and O–H groups in total. The Balaban J connectivity index is 2.06. The van der Waals surface area contributed by atoms with E-state index in [1.165, 1.54) is 0 Å². The largest absolute Gasteiger partial charge is 0.462 e. The van der Waals surface area contributed by atoms with E-state index >= 15 is 0 Å². The monoisotopic (exact) mass is 471 g/mol. The summed E-state index contributed by atoms with van der Waals surface area (Å²) in [7, 11) is 0. The lowest BCUT2D eigenvalue weighted by molar-refractivity contribution is -0.496. The first-order chi connectivity index (χ1) is 17.0. The maximum atomic E-state index is 13.1. The number of benzene rings is 3. The number of aryl methyl sites for hydroxylation is 2. The van der Waals surface area contributed by atoms with Crippen LogP contribution in [0.4, 0.5) is 5.69 Å². The number of carbonyl (C=O) groups excluding carboxylic acids is 1. The van der Waals surface area contributed by atoms with Crippen LogP contribution in [0.25, 0.3) is 33.4 Å². The molecule has 35 heavy (non-hydrogen) atoms. The van der Waals surface area contributed by atoms with Crippen LogP contribution >= 0.6 is 0 Å². The molecule has 1 heterocycles. The molecule has 0 unspecified atom stereocenters. The SMILES string of the molecule is CCCCOC(=O)c1ccccc1-c1c2cc(C)c(=[NH+]CC)cc-2oc2cc(NCC)c(C)cc12. The van der Waals surface area contributed by atoms with Crippen LogP contribution in [0, 0.1) is 13.8 Å². The minimum atomic E-state index is -0.293. The highest BCUT2D eigenvalue weighted by Gasteiger charge is 2.24. The van der Waals surface area contributed by atoms with Crippen LogP contribution in [0.15, 0.2) is 52.9 Å². The van der Waals surface area contributed by atoms with E-state index in [1.807, 2.05) is 24.3 Å². The first-order valence-corrected chi connectivity index (χ1v) is 12.6. The van der Waals surface area contributed by atoms with E-state index in [0.717, 1.165) is 81.5 Å². The molecule has 182 valence electrons. The molecule has 0 fully saturated rings. The van der Waals surface area contributed by atoms with E-state index in [-0.39, 0.29) is 5.97 Å². The van der Waals surface area contributed by atoms with Gasteiger partial charge in [-0.05, 0) is 63.4 Å². The molecule has 0 saturated heterocycles. The summed E-state index contributed by atoms with van der Waals surface area (Å²) < 4.78 is 12.1. The van der Waals surface area contributed by atoms with Crippen molar-refractivity contribution >= 4 is 22.6 Å². The summed E-state index contributed by atoms with van der Waals surface area (Å²) in [6.45, 7) is 12.5. The first-order valence-electron chi connectivity index (χ1n) is 12.6. The molecule has 0 spiro atoms. The third-order valence-corrected chi connectivity index (χ3v) is 6.29. The number of nitrogens with one attached hydrogen (secondary N) is 2. The second-order valence-corrected chi connectivity index (χ2v) is 8.90. The highest BCUT2D eigenvalue weighted by Crippen LogP contribution is 2.42. The van der Waals surface area contributed by atoms with E-state index < -0.39 is 0 Å². The lowest BCUT2D eigenvalue weighted by Gasteiger charge is -2.19. The molecule has 2 aromatic carbocycles. The lowest BCUT2D eigenvalue weighted by Crippen LogP contribution is -2.76. The second-order valence-electron chi connectivity index (χ2n) is 8.90. The zero-order valence-electron chi connectivity index (χ0n) is 21.4. The first kappa shape index (κ1) is 24.5. The molecule has 1 aliphatic heterocycles. The molecule has 0 saturated carbocycles. The van der Waals surface area contributed by atoms with Crippen LogP contribution in [-0.2, 0) is 4.74 Å². The van der Waals surface area contributed by atoms with E-state index in [0.29, 0.717) is 12.2 Å². The van der Waals surface area contributed by atoms with Crippen LogP contribution in [-0.4, -0.2) is 25.7 Å². The lowest BCUT2D eigenvalue weighted by atomic mass is 9.89. The topological polar surface area (TPSA) is 65.4 Å². The highest BCUT2D eigenvalue weighted by molar-refractivity contribution is 6.08. The minimum Gasteiger partial charge on any atom is -0.462 e. The number of esters is 1. The summed E-state index contributed by atoms with van der Waals surface area (Å²) >= 11 is 0. The summed E-state index contributed by atoms with van der Waals surface area (Å²) in [6, 6.07) is 16.1. The van der Waals surface area contributed by atoms with Gasteiger partial charge in [0.1, 0.15) is 17.9 Å². The molecule has 2 aliphatic rings. The van der Waals surface area contributed by atoms with Crippen LogP contribution in [0.2, 0.25) is 0 Å². The molecule has 5 heteroatoms. The third kappa shape index (κ3) is 4.95. The normalized spacial score (nSPS) is 11.9. The second kappa shape index (κ2) is 10.8. The van der Waals surface area contributed by atoms with Crippen molar-refractivity contribution in [2.45, 2.75) is 47.5 Å². The predicted molar refractivity (Wildman–Crippen MR) is 142 cm³/mol. The van der Waals surface area contributed by atoms with E-state index in [1.54, 1.807) is 0 Å². The Morgan fingerprint density at radius 3 is 2.54 bits per heavy atom. The number of hydrogen-bond acceptors (Lipinski definition) is 4. The Hall–Kier alpha value is -3.60. The smallest absolute Gasteiger partial charge is 0.338 e. The fourth-order valence-electron chi connectivity index (χ4n) is 4.52. The Morgan fingerprint density at radius 2 is 1.80 bits per heavy atom. The van der Waals surface area contributed by atoms with Gasteiger partial charge in [-0.15, -0.1) is 0 Å². The van der Waals surface area contributed by atoms with Crippen molar-refractivity contribution in [1.29, 1.82) is 0 Å². The molecular weight excluding hydrogens is 436 g/mol. The Labute approximate surface area is 207 Å². The predicted octanol–water partition coefficient (Wildman–Crippen LogP) is 5.21. The maximum absolute atomic E-state index is 13.1. The highest BCUT2D eigenvalue weighted by atomic mass is 16.5. The summed E-state index contributed by atoms with van der Waals surface area (Å²) in [5.74, 6) is 0.479. The zero-order chi connectivity index (χ0) is 24.9. The molecule has 0 atom stereocenters. The standard InChI is InChI=1S/C30H34N2O3/c1-6-9-14-34-30(33)22-13-11-10-12-21(22)29-23-15-19(4)25(31-7-2)17-27(23)35-28-18-26(32-8-3)20(5)16-24(28)29/h10-13,15-18,31H,6-9,14H2,1-5H3/p+1. The third-order valence-electron chi connectivity index (χ3n) is 6.29. The summed E-state index contributed by atoms with van der Waals surface area (Å²) in [5.41, 5.74) is 7.45. The average molecular weight is 472 g/mol. The number of carbonyl (C=O) groups is 1. The van der Waals surface area contributed by atoms with Gasteiger partial charge in [0.2, 0.25) is 5.36 Å². The fraction of sp³-hybridized carbons (Fsp3) is 0.333. The Kier molecular flexibility index (Phi) is 7.54. The van der Waals surface area contributed by atoms with Gasteiger partial charge in [-0.1, -0.05) is 31.5 Å². The minimum absolute atomic E-state index is 0.293. The molecule has 0 aromatic heterocycles. The molecule has 1 aliphatic carbocycles. The summed E-state index contributed by atoms with van der Waals surface area (Å²) in [6.07, 6.45) is 1.83. The average Bonchev–Trinajstić information content (AvgIpc) is 2.85. The zero-order valence-corrected chi connectivity index (χ0v) is 21.4. The molecular formula is C30H35N2O3+.